The molecule has 0 unspecified atom stereocenters. The van der Waals surface area contributed by atoms with Crippen molar-refractivity contribution in [1.82, 2.24) is 0 Å². The van der Waals surface area contributed by atoms with Crippen molar-refractivity contribution in [3.05, 3.63) is 188 Å². The maximum absolute atomic E-state index is 2.52. The number of hydrogen-bond donors (Lipinski definition) is 0. The van der Waals surface area contributed by atoms with Crippen LogP contribution in [0.2, 0.25) is 0 Å². The van der Waals surface area contributed by atoms with Gasteiger partial charge in [-0.2, -0.15) is 0 Å². The normalized spacial score (nSPS) is 11.6. The van der Waals surface area contributed by atoms with Crippen LogP contribution in [0.25, 0.3) is 74.7 Å². The summed E-state index contributed by atoms with van der Waals surface area (Å²) in [5.74, 6) is 0. The van der Waals surface area contributed by atoms with Crippen LogP contribution >= 0.6 is 11.3 Å². The molecule has 0 N–H and O–H groups in total. The summed E-state index contributed by atoms with van der Waals surface area (Å²) in [6, 6.07) is 68.7. The van der Waals surface area contributed by atoms with Gasteiger partial charge in [0.1, 0.15) is 0 Å². The van der Waals surface area contributed by atoms with Crippen molar-refractivity contribution in [2.45, 2.75) is 0 Å². The Balaban J connectivity index is 1.29. The van der Waals surface area contributed by atoms with Crippen molar-refractivity contribution in [1.29, 1.82) is 0 Å². The molecule has 2 heteroatoms. The Morgan fingerprint density at radius 2 is 0.920 bits per heavy atom. The standard InChI is InChI=1S/C48H31NS/c1-2-15-34(16-3-1)46-39-20-6-8-22-41(39)47(42-23-9-7-21-40(42)46)49(44-26-13-25-43-38-19-10-11-27-45(38)50-48(43)44)35-30-28-33(29-31-35)37-24-12-17-32-14-4-5-18-36(32)37/h1-31H. The first kappa shape index (κ1) is 28.8. The van der Waals surface area contributed by atoms with Crippen LogP contribution in [-0.2, 0) is 0 Å². The number of nitrogens with zero attached hydrogens (tertiary/aromatic N) is 1. The van der Waals surface area contributed by atoms with E-state index in [1.54, 1.807) is 0 Å². The molecule has 0 atom stereocenters. The van der Waals surface area contributed by atoms with Gasteiger partial charge in [0.25, 0.3) is 0 Å². The molecule has 0 saturated heterocycles. The third kappa shape index (κ3) is 4.53. The molecule has 0 amide bonds. The maximum Gasteiger partial charge on any atom is 0.0640 e. The number of benzene rings is 9. The Morgan fingerprint density at radius 1 is 0.360 bits per heavy atom. The second-order valence-corrected chi connectivity index (χ2v) is 13.9. The lowest BCUT2D eigenvalue weighted by Crippen LogP contribution is -2.11. The molecule has 0 aliphatic carbocycles. The molecule has 0 aliphatic rings. The molecule has 0 spiro atoms. The molecule has 1 nitrogen and oxygen atoms in total. The van der Waals surface area contributed by atoms with Crippen molar-refractivity contribution in [2.75, 3.05) is 4.90 Å². The number of thiophene rings is 1. The van der Waals surface area contributed by atoms with E-state index in [0.29, 0.717) is 0 Å². The van der Waals surface area contributed by atoms with Crippen molar-refractivity contribution in [2.24, 2.45) is 0 Å². The van der Waals surface area contributed by atoms with Crippen molar-refractivity contribution >= 4 is 80.9 Å². The zero-order valence-electron chi connectivity index (χ0n) is 27.3. The summed E-state index contributed by atoms with van der Waals surface area (Å²) in [4.78, 5) is 2.52. The van der Waals surface area contributed by atoms with Crippen LogP contribution in [0, 0.1) is 0 Å². The molecule has 10 rings (SSSR count). The predicted molar refractivity (Wildman–Crippen MR) is 217 cm³/mol. The van der Waals surface area contributed by atoms with Crippen molar-refractivity contribution in [3.8, 4) is 22.3 Å². The lowest BCUT2D eigenvalue weighted by molar-refractivity contribution is 1.33. The zero-order valence-corrected chi connectivity index (χ0v) is 28.1. The van der Waals surface area contributed by atoms with E-state index in [9.17, 15) is 0 Å². The Labute approximate surface area is 294 Å². The summed E-state index contributed by atoms with van der Waals surface area (Å²) in [6.07, 6.45) is 0. The van der Waals surface area contributed by atoms with Gasteiger partial charge in [-0.3, -0.25) is 0 Å². The zero-order chi connectivity index (χ0) is 33.0. The fraction of sp³-hybridized carbons (Fsp3) is 0. The van der Waals surface area contributed by atoms with Gasteiger partial charge >= 0.3 is 0 Å². The van der Waals surface area contributed by atoms with Gasteiger partial charge in [-0.15, -0.1) is 11.3 Å². The first-order valence-corrected chi connectivity index (χ1v) is 17.9. The number of rotatable bonds is 5. The fourth-order valence-corrected chi connectivity index (χ4v) is 9.03. The van der Waals surface area contributed by atoms with Gasteiger partial charge in [0.15, 0.2) is 0 Å². The van der Waals surface area contributed by atoms with Crippen LogP contribution in [0.4, 0.5) is 17.1 Å². The first-order valence-electron chi connectivity index (χ1n) is 17.1. The van der Waals surface area contributed by atoms with E-state index in [1.165, 1.54) is 86.1 Å². The lowest BCUT2D eigenvalue weighted by atomic mass is 9.90. The third-order valence-electron chi connectivity index (χ3n) is 10.0. The van der Waals surface area contributed by atoms with Crippen molar-refractivity contribution < 1.29 is 0 Å². The topological polar surface area (TPSA) is 3.24 Å². The van der Waals surface area contributed by atoms with Crippen molar-refractivity contribution in [3.63, 3.8) is 0 Å². The highest BCUT2D eigenvalue weighted by molar-refractivity contribution is 7.26. The molecule has 0 bridgehead atoms. The molecule has 0 aliphatic heterocycles. The molecule has 0 saturated carbocycles. The molecule has 9 aromatic carbocycles. The van der Waals surface area contributed by atoms with E-state index in [1.807, 2.05) is 11.3 Å². The highest BCUT2D eigenvalue weighted by Gasteiger charge is 2.24. The summed E-state index contributed by atoms with van der Waals surface area (Å²) >= 11 is 1.88. The van der Waals surface area contributed by atoms with Crippen LogP contribution in [0.3, 0.4) is 0 Å². The third-order valence-corrected chi connectivity index (χ3v) is 11.2. The van der Waals surface area contributed by atoms with E-state index < -0.39 is 0 Å². The summed E-state index contributed by atoms with van der Waals surface area (Å²) in [5.41, 5.74) is 8.45. The summed E-state index contributed by atoms with van der Waals surface area (Å²) in [5, 5.41) is 10.0. The molecular formula is C48H31NS. The van der Waals surface area contributed by atoms with E-state index in [2.05, 4.69) is 193 Å². The minimum atomic E-state index is 1.13. The number of fused-ring (bicyclic) bond motifs is 6. The van der Waals surface area contributed by atoms with Gasteiger partial charge in [-0.1, -0.05) is 164 Å². The van der Waals surface area contributed by atoms with Crippen LogP contribution in [-0.4, -0.2) is 0 Å². The summed E-state index contributed by atoms with van der Waals surface area (Å²) in [7, 11) is 0. The molecule has 1 aromatic heterocycles. The summed E-state index contributed by atoms with van der Waals surface area (Å²) in [6.45, 7) is 0. The first-order chi connectivity index (χ1) is 24.8. The largest absolute Gasteiger partial charge is 0.308 e. The molecular weight excluding hydrogens is 623 g/mol. The highest BCUT2D eigenvalue weighted by Crippen LogP contribution is 2.51. The van der Waals surface area contributed by atoms with Gasteiger partial charge in [0.05, 0.1) is 16.1 Å². The number of hydrogen-bond acceptors (Lipinski definition) is 2. The molecule has 50 heavy (non-hydrogen) atoms. The molecule has 1 heterocycles. The van der Waals surface area contributed by atoms with Crippen LogP contribution < -0.4 is 4.90 Å². The Hall–Kier alpha value is -6.22. The van der Waals surface area contributed by atoms with Crippen LogP contribution in [0.1, 0.15) is 0 Å². The van der Waals surface area contributed by atoms with Gasteiger partial charge in [0.2, 0.25) is 0 Å². The Kier molecular flexibility index (Phi) is 6.75. The minimum Gasteiger partial charge on any atom is -0.308 e. The lowest BCUT2D eigenvalue weighted by Gasteiger charge is -2.30. The summed E-state index contributed by atoms with van der Waals surface area (Å²) < 4.78 is 2.59. The smallest absolute Gasteiger partial charge is 0.0640 e. The van der Waals surface area contributed by atoms with Crippen LogP contribution in [0.5, 0.6) is 0 Å². The van der Waals surface area contributed by atoms with Gasteiger partial charge < -0.3 is 4.90 Å². The molecule has 234 valence electrons. The second-order valence-electron chi connectivity index (χ2n) is 12.8. The highest BCUT2D eigenvalue weighted by atomic mass is 32.1. The minimum absolute atomic E-state index is 1.13. The van der Waals surface area contributed by atoms with Gasteiger partial charge in [-0.05, 0) is 68.1 Å². The Bertz CT molecular complexity index is 2800. The van der Waals surface area contributed by atoms with Gasteiger partial charge in [-0.25, -0.2) is 0 Å². The Morgan fingerprint density at radius 3 is 1.66 bits per heavy atom. The van der Waals surface area contributed by atoms with E-state index >= 15 is 0 Å². The molecule has 0 radical (unpaired) electrons. The quantitative estimate of drug-likeness (QED) is 0.167. The monoisotopic (exact) mass is 653 g/mol. The van der Waals surface area contributed by atoms with E-state index in [-0.39, 0.29) is 0 Å². The predicted octanol–water partition coefficient (Wildman–Crippen LogP) is 14.3. The fourth-order valence-electron chi connectivity index (χ4n) is 7.83. The van der Waals surface area contributed by atoms with Crippen LogP contribution in [0.15, 0.2) is 188 Å². The second kappa shape index (κ2) is 11.7. The van der Waals surface area contributed by atoms with Gasteiger partial charge in [0, 0.05) is 31.9 Å². The number of anilines is 3. The van der Waals surface area contributed by atoms with E-state index in [4.69, 9.17) is 0 Å². The van der Waals surface area contributed by atoms with E-state index in [0.717, 1.165) is 5.69 Å². The SMILES string of the molecule is c1ccc(-c2c3ccccc3c(N(c3ccc(-c4cccc5ccccc45)cc3)c3cccc4c3sc3ccccc34)c3ccccc23)cc1. The molecule has 0 fully saturated rings. The average Bonchev–Trinajstić information content (AvgIpc) is 3.58. The maximum atomic E-state index is 2.52. The molecule has 10 aromatic rings. The average molecular weight is 654 g/mol.